The maximum Gasteiger partial charge on any atom is 0.256 e. The number of rotatable bonds is 9. The normalized spacial score (nSPS) is 15.6. The molecule has 1 saturated heterocycles. The number of carbonyl (C=O) groups excluding carboxylic acids is 1. The summed E-state index contributed by atoms with van der Waals surface area (Å²) in [7, 11) is 5.86. The summed E-state index contributed by atoms with van der Waals surface area (Å²) >= 11 is 0. The molecule has 8 nitrogen and oxygen atoms in total. The number of hydrogen-bond acceptors (Lipinski definition) is 6. The summed E-state index contributed by atoms with van der Waals surface area (Å²) in [6.07, 6.45) is 1.98. The second-order valence-electron chi connectivity index (χ2n) is 10.2. The van der Waals surface area contributed by atoms with E-state index in [9.17, 15) is 4.79 Å². The maximum absolute atomic E-state index is 13.8. The van der Waals surface area contributed by atoms with Gasteiger partial charge in [0.1, 0.15) is 5.75 Å². The largest absolute Gasteiger partial charge is 0.497 e. The van der Waals surface area contributed by atoms with E-state index in [1.165, 1.54) is 5.56 Å². The first kappa shape index (κ1) is 25.4. The highest BCUT2D eigenvalue weighted by Gasteiger charge is 2.27. The van der Waals surface area contributed by atoms with E-state index in [0.29, 0.717) is 6.79 Å². The van der Waals surface area contributed by atoms with Crippen molar-refractivity contribution in [1.82, 2.24) is 19.3 Å². The van der Waals surface area contributed by atoms with Crippen molar-refractivity contribution >= 4 is 16.8 Å². The Balaban J connectivity index is 1.26. The zero-order valence-corrected chi connectivity index (χ0v) is 22.5. The van der Waals surface area contributed by atoms with Crippen LogP contribution in [0, 0.1) is 6.92 Å². The molecule has 0 bridgehead atoms. The van der Waals surface area contributed by atoms with Crippen LogP contribution in [0.2, 0.25) is 0 Å². The lowest BCUT2D eigenvalue weighted by atomic mass is 10.1. The van der Waals surface area contributed by atoms with Gasteiger partial charge < -0.3 is 28.6 Å². The molecule has 37 heavy (non-hydrogen) atoms. The molecular formula is C29H38N4O4. The molecule has 2 aromatic carbocycles. The lowest BCUT2D eigenvalue weighted by Crippen LogP contribution is -2.49. The lowest BCUT2D eigenvalue weighted by Gasteiger charge is -2.35. The van der Waals surface area contributed by atoms with Gasteiger partial charge in [0, 0.05) is 55.9 Å². The minimum absolute atomic E-state index is 0.123. The number of methoxy groups -OCH3 is 1. The van der Waals surface area contributed by atoms with Crippen LogP contribution in [0.1, 0.15) is 28.0 Å². The lowest BCUT2D eigenvalue weighted by molar-refractivity contribution is 0.0639. The van der Waals surface area contributed by atoms with E-state index in [1.807, 2.05) is 23.1 Å². The Morgan fingerprint density at radius 1 is 1.00 bits per heavy atom. The Morgan fingerprint density at radius 3 is 2.54 bits per heavy atom. The Morgan fingerprint density at radius 2 is 1.78 bits per heavy atom. The Hall–Kier alpha value is -3.23. The Labute approximate surface area is 219 Å². The molecule has 5 rings (SSSR count). The van der Waals surface area contributed by atoms with Crippen LogP contribution in [0.3, 0.4) is 0 Å². The van der Waals surface area contributed by atoms with Crippen molar-refractivity contribution in [3.63, 3.8) is 0 Å². The average Bonchev–Trinajstić information content (AvgIpc) is 3.48. The summed E-state index contributed by atoms with van der Waals surface area (Å²) in [5, 5.41) is 0.983. The monoisotopic (exact) mass is 506 g/mol. The van der Waals surface area contributed by atoms with Crippen LogP contribution in [-0.4, -0.2) is 92.4 Å². The van der Waals surface area contributed by atoms with Gasteiger partial charge >= 0.3 is 0 Å². The van der Waals surface area contributed by atoms with Crippen molar-refractivity contribution in [3.8, 4) is 17.2 Å². The molecule has 1 aromatic heterocycles. The number of hydrogen-bond donors (Lipinski definition) is 0. The van der Waals surface area contributed by atoms with Gasteiger partial charge in [0.05, 0.1) is 12.7 Å². The molecule has 0 saturated carbocycles. The molecule has 0 N–H and O–H groups in total. The van der Waals surface area contributed by atoms with Gasteiger partial charge in [-0.15, -0.1) is 0 Å². The Kier molecular flexibility index (Phi) is 7.58. The average molecular weight is 507 g/mol. The van der Waals surface area contributed by atoms with E-state index in [-0.39, 0.29) is 5.91 Å². The molecule has 0 unspecified atom stereocenters. The molecule has 3 heterocycles. The van der Waals surface area contributed by atoms with Crippen molar-refractivity contribution in [2.24, 2.45) is 0 Å². The van der Waals surface area contributed by atoms with Crippen molar-refractivity contribution in [2.75, 3.05) is 67.3 Å². The zero-order valence-electron chi connectivity index (χ0n) is 22.5. The van der Waals surface area contributed by atoms with E-state index in [0.717, 1.165) is 98.1 Å². The number of nitrogens with zero attached hydrogens (tertiary/aromatic N) is 4. The van der Waals surface area contributed by atoms with Crippen LogP contribution in [0.15, 0.2) is 36.4 Å². The van der Waals surface area contributed by atoms with Crippen molar-refractivity contribution in [2.45, 2.75) is 26.3 Å². The number of benzene rings is 2. The summed E-state index contributed by atoms with van der Waals surface area (Å²) in [6, 6.07) is 12.3. The topological polar surface area (TPSA) is 59.4 Å². The number of aromatic nitrogens is 1. The van der Waals surface area contributed by atoms with Gasteiger partial charge in [-0.25, -0.2) is 0 Å². The second kappa shape index (κ2) is 11.0. The van der Waals surface area contributed by atoms with Gasteiger partial charge in [0.25, 0.3) is 5.91 Å². The number of aryl methyl sites for hydroxylation is 1. The van der Waals surface area contributed by atoms with Crippen LogP contribution in [0.4, 0.5) is 0 Å². The molecule has 1 amide bonds. The van der Waals surface area contributed by atoms with Gasteiger partial charge in [-0.3, -0.25) is 9.69 Å². The summed E-state index contributed by atoms with van der Waals surface area (Å²) < 4.78 is 18.7. The molecule has 2 aliphatic rings. The number of fused-ring (bicyclic) bond motifs is 2. The number of amides is 1. The third-order valence-electron chi connectivity index (χ3n) is 7.54. The highest BCUT2D eigenvalue weighted by Crippen LogP contribution is 2.33. The third-order valence-corrected chi connectivity index (χ3v) is 7.54. The van der Waals surface area contributed by atoms with Gasteiger partial charge in [-0.05, 0) is 76.3 Å². The first-order valence-electron chi connectivity index (χ1n) is 13.2. The molecule has 0 atom stereocenters. The summed E-state index contributed by atoms with van der Waals surface area (Å²) in [5.41, 5.74) is 4.20. The summed E-state index contributed by atoms with van der Waals surface area (Å²) in [6.45, 7) is 8.45. The fourth-order valence-corrected chi connectivity index (χ4v) is 5.41. The predicted molar refractivity (Wildman–Crippen MR) is 145 cm³/mol. The molecule has 1 fully saturated rings. The molecular weight excluding hydrogens is 468 g/mol. The standard InChI is InChI=1S/C29H38N4O4/c1-21-28(24-19-23(35-4)7-8-25(24)33(21)12-5-11-30(2)3)29(34)32-16-14-31(15-17-32)13-10-22-6-9-26-27(18-22)37-20-36-26/h6-9,18-19H,5,10-17,20H2,1-4H3. The molecule has 0 radical (unpaired) electrons. The van der Waals surface area contributed by atoms with E-state index >= 15 is 0 Å². The molecule has 0 spiro atoms. The molecule has 198 valence electrons. The molecule has 0 aliphatic carbocycles. The van der Waals surface area contributed by atoms with Crippen LogP contribution >= 0.6 is 0 Å². The van der Waals surface area contributed by atoms with Crippen LogP contribution < -0.4 is 14.2 Å². The van der Waals surface area contributed by atoms with Crippen molar-refractivity contribution < 1.29 is 19.0 Å². The fraction of sp³-hybridized carbons (Fsp3) is 0.483. The second-order valence-corrected chi connectivity index (χ2v) is 10.2. The number of ether oxygens (including phenoxy) is 3. The van der Waals surface area contributed by atoms with Gasteiger partial charge in [-0.2, -0.15) is 0 Å². The third kappa shape index (κ3) is 5.40. The SMILES string of the molecule is COc1ccc2c(c1)c(C(=O)N1CCN(CCc3ccc4c(c3)OCO4)CC1)c(C)n2CCCN(C)C. The van der Waals surface area contributed by atoms with Crippen LogP contribution in [-0.2, 0) is 13.0 Å². The van der Waals surface area contributed by atoms with Crippen LogP contribution in [0.25, 0.3) is 10.9 Å². The predicted octanol–water partition coefficient (Wildman–Crippen LogP) is 3.64. The van der Waals surface area contributed by atoms with Crippen molar-refractivity contribution in [1.29, 1.82) is 0 Å². The highest BCUT2D eigenvalue weighted by molar-refractivity contribution is 6.08. The van der Waals surface area contributed by atoms with E-state index in [2.05, 4.69) is 53.6 Å². The molecule has 3 aromatic rings. The van der Waals surface area contributed by atoms with E-state index < -0.39 is 0 Å². The quantitative estimate of drug-likeness (QED) is 0.442. The first-order valence-corrected chi connectivity index (χ1v) is 13.2. The number of carbonyl (C=O) groups is 1. The number of piperazine rings is 1. The Bertz CT molecular complexity index is 1260. The fourth-order valence-electron chi connectivity index (χ4n) is 5.41. The summed E-state index contributed by atoms with van der Waals surface area (Å²) in [5.74, 6) is 2.56. The zero-order chi connectivity index (χ0) is 25.9. The minimum atomic E-state index is 0.123. The van der Waals surface area contributed by atoms with E-state index in [4.69, 9.17) is 14.2 Å². The summed E-state index contributed by atoms with van der Waals surface area (Å²) in [4.78, 5) is 20.5. The van der Waals surface area contributed by atoms with Crippen LogP contribution in [0.5, 0.6) is 17.2 Å². The van der Waals surface area contributed by atoms with Crippen molar-refractivity contribution in [3.05, 3.63) is 53.2 Å². The van der Waals surface area contributed by atoms with Gasteiger partial charge in [0.2, 0.25) is 6.79 Å². The first-order chi connectivity index (χ1) is 17.9. The minimum Gasteiger partial charge on any atom is -0.497 e. The van der Waals surface area contributed by atoms with Gasteiger partial charge in [0.15, 0.2) is 11.5 Å². The maximum atomic E-state index is 13.8. The van der Waals surface area contributed by atoms with Gasteiger partial charge in [-0.1, -0.05) is 6.07 Å². The highest BCUT2D eigenvalue weighted by atomic mass is 16.7. The smallest absolute Gasteiger partial charge is 0.256 e. The molecule has 8 heteroatoms. The van der Waals surface area contributed by atoms with E-state index in [1.54, 1.807) is 7.11 Å². The molecule has 2 aliphatic heterocycles.